The largest absolute Gasteiger partial charge is 0.465 e. The number of hydrogen-bond acceptors (Lipinski definition) is 5. The summed E-state index contributed by atoms with van der Waals surface area (Å²) in [6.45, 7) is 3.45. The highest BCUT2D eigenvalue weighted by Crippen LogP contribution is 2.50. The summed E-state index contributed by atoms with van der Waals surface area (Å²) in [7, 11) is 0. The Morgan fingerprint density at radius 2 is 1.65 bits per heavy atom. The number of amides is 1. The van der Waals surface area contributed by atoms with Gasteiger partial charge < -0.3 is 19.5 Å². The molecule has 134 valence electrons. The number of alkyl halides is 6. The third kappa shape index (κ3) is 4.18. The fraction of sp³-hybridized carbons (Fsp3) is 0.818. The second-order valence-corrected chi connectivity index (χ2v) is 5.52. The van der Waals surface area contributed by atoms with Crippen LogP contribution in [0.4, 0.5) is 31.1 Å². The van der Waals surface area contributed by atoms with Gasteiger partial charge in [-0.25, -0.2) is 9.59 Å². The van der Waals surface area contributed by atoms with Crippen LogP contribution in [-0.2, 0) is 19.0 Å². The highest BCUT2D eigenvalue weighted by atomic mass is 19.4. The first kappa shape index (κ1) is 19.3. The lowest BCUT2D eigenvalue weighted by Crippen LogP contribution is -2.58. The van der Waals surface area contributed by atoms with E-state index in [1.807, 2.05) is 5.32 Å². The van der Waals surface area contributed by atoms with Gasteiger partial charge >= 0.3 is 30.2 Å². The first-order chi connectivity index (χ1) is 10.1. The minimum absolute atomic E-state index is 0.956. The quantitative estimate of drug-likeness (QED) is 0.609. The van der Waals surface area contributed by atoms with Gasteiger partial charge in [0.1, 0.15) is 5.60 Å². The SMILES string of the molecule is CC(C)(C)OC(=O)NC[C@@H]1OC(C(F)(F)F)(C(F)(F)F)OC1=O. The van der Waals surface area contributed by atoms with E-state index in [2.05, 4.69) is 9.47 Å². The van der Waals surface area contributed by atoms with Crippen molar-refractivity contribution in [1.82, 2.24) is 5.32 Å². The lowest BCUT2D eigenvalue weighted by molar-refractivity contribution is -0.439. The molecule has 1 aliphatic heterocycles. The average molecular weight is 353 g/mol. The van der Waals surface area contributed by atoms with E-state index in [-0.39, 0.29) is 0 Å². The van der Waals surface area contributed by atoms with Crippen molar-refractivity contribution in [2.45, 2.75) is 50.6 Å². The molecule has 0 bridgehead atoms. The van der Waals surface area contributed by atoms with Crippen LogP contribution in [0.25, 0.3) is 0 Å². The van der Waals surface area contributed by atoms with E-state index in [1.165, 1.54) is 20.8 Å². The summed E-state index contributed by atoms with van der Waals surface area (Å²) in [4.78, 5) is 22.5. The van der Waals surface area contributed by atoms with Crippen LogP contribution in [-0.4, -0.2) is 48.5 Å². The van der Waals surface area contributed by atoms with Crippen LogP contribution >= 0.6 is 0 Å². The predicted octanol–water partition coefficient (Wildman–Crippen LogP) is 2.27. The van der Waals surface area contributed by atoms with Crippen molar-refractivity contribution in [3.8, 4) is 0 Å². The second kappa shape index (κ2) is 5.73. The molecule has 0 unspecified atom stereocenters. The molecule has 0 aromatic heterocycles. The van der Waals surface area contributed by atoms with Crippen molar-refractivity contribution in [1.29, 1.82) is 0 Å². The van der Waals surface area contributed by atoms with Crippen molar-refractivity contribution in [2.24, 2.45) is 0 Å². The van der Waals surface area contributed by atoms with E-state index < -0.39 is 48.5 Å². The van der Waals surface area contributed by atoms with Crippen molar-refractivity contribution < 1.29 is 50.1 Å². The molecular weight excluding hydrogens is 340 g/mol. The zero-order chi connectivity index (χ0) is 18.3. The molecule has 1 N–H and O–H groups in total. The van der Waals surface area contributed by atoms with E-state index in [9.17, 15) is 35.9 Å². The number of rotatable bonds is 2. The van der Waals surface area contributed by atoms with Gasteiger partial charge in [-0.05, 0) is 20.8 Å². The zero-order valence-corrected chi connectivity index (χ0v) is 12.1. The molecule has 1 fully saturated rings. The van der Waals surface area contributed by atoms with Gasteiger partial charge in [-0.3, -0.25) is 0 Å². The molecule has 1 saturated heterocycles. The maximum atomic E-state index is 12.6. The Hall–Kier alpha value is -1.72. The number of carbonyl (C=O) groups excluding carboxylic acids is 2. The van der Waals surface area contributed by atoms with Crippen molar-refractivity contribution in [3.63, 3.8) is 0 Å². The summed E-state index contributed by atoms with van der Waals surface area (Å²) in [5.41, 5.74) is -0.956. The molecule has 0 aromatic carbocycles. The van der Waals surface area contributed by atoms with Gasteiger partial charge in [0.05, 0.1) is 6.54 Å². The fourth-order valence-electron chi connectivity index (χ4n) is 1.51. The molecule has 23 heavy (non-hydrogen) atoms. The van der Waals surface area contributed by atoms with Crippen LogP contribution < -0.4 is 5.32 Å². The van der Waals surface area contributed by atoms with Crippen molar-refractivity contribution in [3.05, 3.63) is 0 Å². The maximum absolute atomic E-state index is 12.6. The van der Waals surface area contributed by atoms with Crippen LogP contribution in [0, 0.1) is 0 Å². The van der Waals surface area contributed by atoms with E-state index in [4.69, 9.17) is 4.74 Å². The van der Waals surface area contributed by atoms with Gasteiger partial charge in [0.25, 0.3) is 0 Å². The first-order valence-electron chi connectivity index (χ1n) is 6.10. The normalized spacial score (nSPS) is 21.8. The molecule has 1 aliphatic rings. The summed E-state index contributed by atoms with van der Waals surface area (Å²) in [6, 6.07) is 0. The molecule has 12 heteroatoms. The van der Waals surface area contributed by atoms with Gasteiger partial charge in [0.15, 0.2) is 6.10 Å². The van der Waals surface area contributed by atoms with Gasteiger partial charge in [-0.2, -0.15) is 26.3 Å². The average Bonchev–Trinajstić information content (AvgIpc) is 2.61. The van der Waals surface area contributed by atoms with Gasteiger partial charge in [-0.1, -0.05) is 0 Å². The summed E-state index contributed by atoms with van der Waals surface area (Å²) in [6.07, 6.45) is -15.5. The summed E-state index contributed by atoms with van der Waals surface area (Å²) >= 11 is 0. The number of cyclic esters (lactones) is 1. The highest BCUT2D eigenvalue weighted by Gasteiger charge is 2.80. The maximum Gasteiger partial charge on any atom is 0.465 e. The van der Waals surface area contributed by atoms with Crippen LogP contribution in [0.3, 0.4) is 0 Å². The molecule has 0 aliphatic carbocycles. The number of halogens is 6. The van der Waals surface area contributed by atoms with E-state index >= 15 is 0 Å². The van der Waals surface area contributed by atoms with Crippen molar-refractivity contribution >= 4 is 12.1 Å². The molecule has 1 amide bonds. The molecule has 6 nitrogen and oxygen atoms in total. The monoisotopic (exact) mass is 353 g/mol. The minimum Gasteiger partial charge on any atom is -0.444 e. The van der Waals surface area contributed by atoms with E-state index in [0.29, 0.717) is 0 Å². The third-order valence-electron chi connectivity index (χ3n) is 2.39. The van der Waals surface area contributed by atoms with Crippen molar-refractivity contribution in [2.75, 3.05) is 6.54 Å². The summed E-state index contributed by atoms with van der Waals surface area (Å²) < 4.78 is 87.8. The molecule has 1 atom stereocenters. The Morgan fingerprint density at radius 1 is 1.17 bits per heavy atom. The molecular formula is C11H13F6NO5. The Kier molecular flexibility index (Phi) is 4.81. The van der Waals surface area contributed by atoms with Gasteiger partial charge in [0, 0.05) is 0 Å². The van der Waals surface area contributed by atoms with Gasteiger partial charge in [0.2, 0.25) is 0 Å². The number of carbonyl (C=O) groups is 2. The third-order valence-corrected chi connectivity index (χ3v) is 2.39. The minimum atomic E-state index is -6.04. The lowest BCUT2D eigenvalue weighted by Gasteiger charge is -2.30. The molecule has 1 rings (SSSR count). The summed E-state index contributed by atoms with van der Waals surface area (Å²) in [5, 5.41) is 1.83. The topological polar surface area (TPSA) is 73.9 Å². The molecule has 0 spiro atoms. The number of hydrogen-bond donors (Lipinski definition) is 1. The molecule has 0 aromatic rings. The molecule has 0 radical (unpaired) electrons. The molecule has 0 saturated carbocycles. The van der Waals surface area contributed by atoms with E-state index in [1.54, 1.807) is 0 Å². The number of alkyl carbamates (subject to hydrolysis) is 1. The fourth-order valence-corrected chi connectivity index (χ4v) is 1.51. The second-order valence-electron chi connectivity index (χ2n) is 5.52. The number of ether oxygens (including phenoxy) is 3. The smallest absolute Gasteiger partial charge is 0.444 e. The van der Waals surface area contributed by atoms with Crippen LogP contribution in [0.5, 0.6) is 0 Å². The van der Waals surface area contributed by atoms with Gasteiger partial charge in [-0.15, -0.1) is 0 Å². The van der Waals surface area contributed by atoms with Crippen LogP contribution in [0.1, 0.15) is 20.8 Å². The number of nitrogens with one attached hydrogen (secondary N) is 1. The molecule has 1 heterocycles. The Balaban J connectivity index is 2.82. The number of esters is 1. The Bertz CT molecular complexity index is 467. The Morgan fingerprint density at radius 3 is 2.00 bits per heavy atom. The zero-order valence-electron chi connectivity index (χ0n) is 12.1. The van der Waals surface area contributed by atoms with Crippen LogP contribution in [0.2, 0.25) is 0 Å². The first-order valence-corrected chi connectivity index (χ1v) is 6.10. The standard InChI is InChI=1S/C11H13F6NO5/c1-8(2,3)23-7(20)18-4-5-6(19)22-9(21-5,10(12,13)14)11(15,16)17/h5H,4H2,1-3H3,(H,18,20)/t5-/m0/s1. The summed E-state index contributed by atoms with van der Waals surface area (Å²) in [5.74, 6) is -6.96. The van der Waals surface area contributed by atoms with E-state index in [0.717, 1.165) is 0 Å². The highest BCUT2D eigenvalue weighted by molar-refractivity contribution is 5.78. The predicted molar refractivity (Wildman–Crippen MR) is 60.0 cm³/mol. The lowest BCUT2D eigenvalue weighted by atomic mass is 10.2. The van der Waals surface area contributed by atoms with Crippen LogP contribution in [0.15, 0.2) is 0 Å². The Labute approximate surface area is 126 Å².